The third kappa shape index (κ3) is 5.65. The van der Waals surface area contributed by atoms with Crippen molar-refractivity contribution in [3.63, 3.8) is 0 Å². The van der Waals surface area contributed by atoms with Crippen molar-refractivity contribution in [2.45, 2.75) is 18.4 Å². The molecule has 0 atom stereocenters. The van der Waals surface area contributed by atoms with E-state index < -0.39 is 16.0 Å². The Labute approximate surface area is 127 Å². The first-order chi connectivity index (χ1) is 10.0. The summed E-state index contributed by atoms with van der Waals surface area (Å²) in [6.45, 7) is 2.13. The number of H-pyrrole nitrogens is 1. The van der Waals surface area contributed by atoms with Gasteiger partial charge in [-0.15, -0.1) is 0 Å². The lowest BCUT2D eigenvalue weighted by atomic mass is 10.4. The maximum atomic E-state index is 12.1. The Morgan fingerprint density at radius 1 is 1.52 bits per heavy atom. The summed E-state index contributed by atoms with van der Waals surface area (Å²) in [6.07, 6.45) is 1.80. The number of aromatic nitrogens is 2. The third-order valence-electron chi connectivity index (χ3n) is 2.35. The molecule has 1 aromatic rings. The van der Waals surface area contributed by atoms with Gasteiger partial charge in [0.05, 0.1) is 12.8 Å². The van der Waals surface area contributed by atoms with Crippen molar-refractivity contribution >= 4 is 27.8 Å². The van der Waals surface area contributed by atoms with Crippen molar-refractivity contribution in [1.82, 2.24) is 14.9 Å². The standard InChI is InChI=1S/C11H19N3O5S2/c1-2-19-11(16)9-8-12-14-10(9)21(17,18)13-4-7-20-6-3-5-15/h8,13,15H,2-7H2,1H3,(H,12,14). The fourth-order valence-corrected chi connectivity index (χ4v) is 3.45. The summed E-state index contributed by atoms with van der Waals surface area (Å²) in [5.41, 5.74) is -0.114. The fraction of sp³-hybridized carbons (Fsp3) is 0.636. The number of thioether (sulfide) groups is 1. The number of carbonyl (C=O) groups is 1. The molecule has 0 bridgehead atoms. The number of aliphatic hydroxyl groups excluding tert-OH is 1. The predicted molar refractivity (Wildman–Crippen MR) is 78.8 cm³/mol. The van der Waals surface area contributed by atoms with Crippen LogP contribution in [0.5, 0.6) is 0 Å². The highest BCUT2D eigenvalue weighted by Crippen LogP contribution is 2.13. The highest BCUT2D eigenvalue weighted by molar-refractivity contribution is 7.99. The number of aliphatic hydroxyl groups is 1. The lowest BCUT2D eigenvalue weighted by Gasteiger charge is -2.06. The normalized spacial score (nSPS) is 11.5. The Bertz CT molecular complexity index is 544. The van der Waals surface area contributed by atoms with Crippen molar-refractivity contribution in [3.8, 4) is 0 Å². The van der Waals surface area contributed by atoms with E-state index in [1.807, 2.05) is 0 Å². The Hall–Kier alpha value is -1.10. The Balaban J connectivity index is 2.59. The minimum Gasteiger partial charge on any atom is -0.462 e. The molecule has 1 rings (SSSR count). The summed E-state index contributed by atoms with van der Waals surface area (Å²) in [5, 5.41) is 14.2. The number of rotatable bonds is 10. The van der Waals surface area contributed by atoms with Gasteiger partial charge in [-0.3, -0.25) is 5.10 Å². The van der Waals surface area contributed by atoms with Crippen LogP contribution in [0.15, 0.2) is 11.2 Å². The van der Waals surface area contributed by atoms with Gasteiger partial charge >= 0.3 is 5.97 Å². The second-order valence-electron chi connectivity index (χ2n) is 3.92. The van der Waals surface area contributed by atoms with Gasteiger partial charge in [-0.1, -0.05) is 0 Å². The molecule has 0 unspecified atom stereocenters. The minimum absolute atomic E-state index is 0.114. The van der Waals surface area contributed by atoms with E-state index in [1.165, 1.54) is 11.8 Å². The number of ether oxygens (including phenoxy) is 1. The first kappa shape index (κ1) is 18.0. The second-order valence-corrected chi connectivity index (χ2v) is 6.85. The average Bonchev–Trinajstić information content (AvgIpc) is 2.93. The fourth-order valence-electron chi connectivity index (χ4n) is 1.42. The van der Waals surface area contributed by atoms with Crippen molar-refractivity contribution in [2.75, 3.05) is 31.3 Å². The molecule has 0 aliphatic heterocycles. The van der Waals surface area contributed by atoms with Crippen LogP contribution in [0, 0.1) is 0 Å². The lowest BCUT2D eigenvalue weighted by molar-refractivity contribution is 0.0522. The zero-order valence-electron chi connectivity index (χ0n) is 11.7. The molecule has 1 aromatic heterocycles. The van der Waals surface area contributed by atoms with Crippen LogP contribution in [0.25, 0.3) is 0 Å². The van der Waals surface area contributed by atoms with Crippen LogP contribution >= 0.6 is 11.8 Å². The number of nitrogens with one attached hydrogen (secondary N) is 2. The maximum absolute atomic E-state index is 12.1. The van der Waals surface area contributed by atoms with Gasteiger partial charge in [0.25, 0.3) is 10.0 Å². The number of aromatic amines is 1. The number of carbonyl (C=O) groups excluding carboxylic acids is 1. The maximum Gasteiger partial charge on any atom is 0.342 e. The van der Waals surface area contributed by atoms with Gasteiger partial charge in [-0.25, -0.2) is 17.9 Å². The summed E-state index contributed by atoms with van der Waals surface area (Å²) < 4.78 is 31.3. The molecule has 0 radical (unpaired) electrons. The molecular weight excluding hydrogens is 318 g/mol. The van der Waals surface area contributed by atoms with E-state index in [-0.39, 0.29) is 30.3 Å². The monoisotopic (exact) mass is 337 g/mol. The van der Waals surface area contributed by atoms with Crippen molar-refractivity contribution in [1.29, 1.82) is 0 Å². The summed E-state index contributed by atoms with van der Waals surface area (Å²) >= 11 is 1.53. The van der Waals surface area contributed by atoms with Crippen molar-refractivity contribution < 1.29 is 23.1 Å². The van der Waals surface area contributed by atoms with Crippen LogP contribution in [-0.2, 0) is 14.8 Å². The summed E-state index contributed by atoms with van der Waals surface area (Å²) in [5.74, 6) is 0.599. The molecule has 0 saturated heterocycles. The third-order valence-corrected chi connectivity index (χ3v) is 4.86. The Morgan fingerprint density at radius 3 is 2.95 bits per heavy atom. The molecule has 10 heteroatoms. The van der Waals surface area contributed by atoms with Crippen LogP contribution < -0.4 is 4.72 Å². The minimum atomic E-state index is -3.84. The van der Waals surface area contributed by atoms with Gasteiger partial charge in [0, 0.05) is 18.9 Å². The Kier molecular flexibility index (Phi) is 7.72. The van der Waals surface area contributed by atoms with E-state index in [0.29, 0.717) is 12.2 Å². The molecule has 0 amide bonds. The van der Waals surface area contributed by atoms with Crippen LogP contribution in [0.2, 0.25) is 0 Å². The molecular formula is C11H19N3O5S2. The molecule has 3 N–H and O–H groups in total. The largest absolute Gasteiger partial charge is 0.462 e. The smallest absolute Gasteiger partial charge is 0.342 e. The summed E-state index contributed by atoms with van der Waals surface area (Å²) in [4.78, 5) is 11.6. The highest BCUT2D eigenvalue weighted by Gasteiger charge is 2.25. The van der Waals surface area contributed by atoms with Crippen LogP contribution in [0.3, 0.4) is 0 Å². The van der Waals surface area contributed by atoms with Crippen LogP contribution in [0.4, 0.5) is 0 Å². The van der Waals surface area contributed by atoms with E-state index in [4.69, 9.17) is 9.84 Å². The van der Waals surface area contributed by atoms with Crippen LogP contribution in [0.1, 0.15) is 23.7 Å². The average molecular weight is 337 g/mol. The topological polar surface area (TPSA) is 121 Å². The summed E-state index contributed by atoms with van der Waals surface area (Å²) in [6, 6.07) is 0. The van der Waals surface area contributed by atoms with Gasteiger partial charge in [-0.05, 0) is 19.1 Å². The van der Waals surface area contributed by atoms with E-state index in [0.717, 1.165) is 11.9 Å². The molecule has 0 aromatic carbocycles. The molecule has 0 aliphatic carbocycles. The molecule has 120 valence electrons. The van der Waals surface area contributed by atoms with Gasteiger partial charge in [-0.2, -0.15) is 16.9 Å². The SMILES string of the molecule is CCOC(=O)c1cn[nH]c1S(=O)(=O)NCCSCCCO. The van der Waals surface area contributed by atoms with Crippen LogP contribution in [-0.4, -0.2) is 61.0 Å². The zero-order chi connectivity index (χ0) is 15.7. The molecule has 0 aliphatic rings. The molecule has 0 spiro atoms. The van der Waals surface area contributed by atoms with E-state index in [2.05, 4.69) is 14.9 Å². The summed E-state index contributed by atoms with van der Waals surface area (Å²) in [7, 11) is -3.84. The second kappa shape index (κ2) is 9.03. The molecule has 0 fully saturated rings. The molecule has 0 saturated carbocycles. The van der Waals surface area contributed by atoms with E-state index in [9.17, 15) is 13.2 Å². The van der Waals surface area contributed by atoms with Gasteiger partial charge in [0.2, 0.25) is 0 Å². The number of hydrogen-bond acceptors (Lipinski definition) is 7. The molecule has 21 heavy (non-hydrogen) atoms. The highest BCUT2D eigenvalue weighted by atomic mass is 32.2. The van der Waals surface area contributed by atoms with Gasteiger partial charge < -0.3 is 9.84 Å². The van der Waals surface area contributed by atoms with Crippen molar-refractivity contribution in [3.05, 3.63) is 11.8 Å². The zero-order valence-corrected chi connectivity index (χ0v) is 13.3. The molecule has 8 nitrogen and oxygen atoms in total. The predicted octanol–water partition coefficient (Wildman–Crippen LogP) is -0.0197. The number of sulfonamides is 1. The number of hydrogen-bond donors (Lipinski definition) is 3. The molecule has 1 heterocycles. The first-order valence-corrected chi connectivity index (χ1v) is 9.05. The lowest BCUT2D eigenvalue weighted by Crippen LogP contribution is -2.28. The number of esters is 1. The van der Waals surface area contributed by atoms with E-state index >= 15 is 0 Å². The Morgan fingerprint density at radius 2 is 2.29 bits per heavy atom. The number of nitrogens with zero attached hydrogens (tertiary/aromatic N) is 1. The van der Waals surface area contributed by atoms with Gasteiger partial charge in [0.15, 0.2) is 5.03 Å². The van der Waals surface area contributed by atoms with Crippen molar-refractivity contribution in [2.24, 2.45) is 0 Å². The quantitative estimate of drug-likeness (QED) is 0.405. The van der Waals surface area contributed by atoms with E-state index in [1.54, 1.807) is 6.92 Å². The first-order valence-electron chi connectivity index (χ1n) is 6.41. The van der Waals surface area contributed by atoms with Gasteiger partial charge in [0.1, 0.15) is 5.56 Å².